The van der Waals surface area contributed by atoms with Gasteiger partial charge in [-0.2, -0.15) is 0 Å². The molecule has 1 aliphatic rings. The maximum atomic E-state index is 12.8. The summed E-state index contributed by atoms with van der Waals surface area (Å²) in [6.07, 6.45) is 1.83. The van der Waals surface area contributed by atoms with Gasteiger partial charge in [-0.25, -0.2) is 4.79 Å². The highest BCUT2D eigenvalue weighted by molar-refractivity contribution is 5.90. The van der Waals surface area contributed by atoms with Crippen LogP contribution in [0.2, 0.25) is 0 Å². The van der Waals surface area contributed by atoms with Crippen LogP contribution < -0.4 is 10.1 Å². The number of fused-ring (bicyclic) bond motifs is 1. The molecule has 3 rings (SSSR count). The van der Waals surface area contributed by atoms with Gasteiger partial charge in [-0.1, -0.05) is 30.3 Å². The zero-order valence-corrected chi connectivity index (χ0v) is 13.7. The molecule has 5 nitrogen and oxygen atoms in total. The van der Waals surface area contributed by atoms with Gasteiger partial charge in [0.05, 0.1) is 19.8 Å². The number of carbonyl (C=O) groups excluding carboxylic acids is 1. The van der Waals surface area contributed by atoms with E-state index in [4.69, 9.17) is 4.74 Å². The molecule has 126 valence electrons. The minimum atomic E-state index is -0.209. The van der Waals surface area contributed by atoms with E-state index in [0.29, 0.717) is 18.0 Å². The second-order valence-electron chi connectivity index (χ2n) is 5.83. The number of nitrogens with one attached hydrogen (secondary N) is 1. The fourth-order valence-corrected chi connectivity index (χ4v) is 3.26. The van der Waals surface area contributed by atoms with E-state index in [1.165, 1.54) is 11.1 Å². The normalized spacial score (nSPS) is 15.7. The summed E-state index contributed by atoms with van der Waals surface area (Å²) in [5.41, 5.74) is 3.12. The average Bonchev–Trinajstić information content (AvgIpc) is 3.03. The van der Waals surface area contributed by atoms with Gasteiger partial charge in [-0.3, -0.25) is 0 Å². The number of hydrogen-bond donors (Lipinski definition) is 2. The predicted molar refractivity (Wildman–Crippen MR) is 93.3 cm³/mol. The minimum Gasteiger partial charge on any atom is -0.497 e. The molecule has 1 aliphatic carbocycles. The van der Waals surface area contributed by atoms with Gasteiger partial charge in [-0.05, 0) is 36.1 Å². The molecule has 0 heterocycles. The first kappa shape index (κ1) is 16.3. The van der Waals surface area contributed by atoms with Crippen LogP contribution in [-0.4, -0.2) is 36.3 Å². The van der Waals surface area contributed by atoms with E-state index < -0.39 is 0 Å². The highest BCUT2D eigenvalue weighted by atomic mass is 16.5. The summed E-state index contributed by atoms with van der Waals surface area (Å²) in [6, 6.07) is 15.2. The number of nitrogens with zero attached hydrogens (tertiary/aromatic N) is 1. The smallest absolute Gasteiger partial charge is 0.322 e. The second-order valence-corrected chi connectivity index (χ2v) is 5.83. The van der Waals surface area contributed by atoms with Crippen LogP contribution in [0, 0.1) is 0 Å². The Morgan fingerprint density at radius 2 is 2.12 bits per heavy atom. The van der Waals surface area contributed by atoms with E-state index >= 15 is 0 Å². The van der Waals surface area contributed by atoms with Crippen LogP contribution in [0.5, 0.6) is 5.75 Å². The Bertz CT molecular complexity index is 717. The average molecular weight is 326 g/mol. The lowest BCUT2D eigenvalue weighted by atomic mass is 10.1. The molecule has 5 heteroatoms. The molecule has 0 aromatic heterocycles. The number of aliphatic hydroxyl groups is 1. The molecule has 0 aliphatic heterocycles. The van der Waals surface area contributed by atoms with Gasteiger partial charge in [0.15, 0.2) is 0 Å². The Morgan fingerprint density at radius 1 is 1.29 bits per heavy atom. The third kappa shape index (κ3) is 3.36. The highest BCUT2D eigenvalue weighted by Gasteiger charge is 2.30. The zero-order valence-electron chi connectivity index (χ0n) is 13.7. The number of carbonyl (C=O) groups is 1. The van der Waals surface area contributed by atoms with E-state index in [1.807, 2.05) is 30.3 Å². The molecule has 0 bridgehead atoms. The van der Waals surface area contributed by atoms with Crippen LogP contribution in [0.25, 0.3) is 0 Å². The molecular formula is C19H22N2O3. The molecule has 0 saturated heterocycles. The van der Waals surface area contributed by atoms with Crippen molar-refractivity contribution < 1.29 is 14.6 Å². The van der Waals surface area contributed by atoms with Crippen molar-refractivity contribution in [1.82, 2.24) is 4.90 Å². The van der Waals surface area contributed by atoms with Crippen molar-refractivity contribution in [3.05, 3.63) is 59.7 Å². The first-order valence-electron chi connectivity index (χ1n) is 8.13. The molecule has 2 amide bonds. The number of rotatable bonds is 5. The van der Waals surface area contributed by atoms with Crippen LogP contribution in [0.4, 0.5) is 10.5 Å². The number of methoxy groups -OCH3 is 1. The van der Waals surface area contributed by atoms with Gasteiger partial charge in [0.2, 0.25) is 0 Å². The lowest BCUT2D eigenvalue weighted by molar-refractivity contribution is 0.162. The van der Waals surface area contributed by atoms with E-state index in [2.05, 4.69) is 17.4 Å². The topological polar surface area (TPSA) is 61.8 Å². The van der Waals surface area contributed by atoms with Gasteiger partial charge in [-0.15, -0.1) is 0 Å². The summed E-state index contributed by atoms with van der Waals surface area (Å²) in [7, 11) is 1.59. The van der Waals surface area contributed by atoms with Crippen LogP contribution in [0.1, 0.15) is 23.6 Å². The predicted octanol–water partition coefficient (Wildman–Crippen LogP) is 3.21. The second kappa shape index (κ2) is 7.36. The molecule has 0 radical (unpaired) electrons. The van der Waals surface area contributed by atoms with Crippen molar-refractivity contribution in [2.75, 3.05) is 25.6 Å². The molecule has 2 N–H and O–H groups in total. The molecule has 1 atom stereocenters. The number of urea groups is 1. The van der Waals surface area contributed by atoms with Crippen LogP contribution >= 0.6 is 0 Å². The standard InChI is InChI=1S/C19H22N2O3/c1-24-16-7-4-6-15(13-16)20-19(23)21(11-12-22)18-10-9-14-5-2-3-8-17(14)18/h2-8,13,18,22H,9-12H2,1H3,(H,20,23)/t18-/m1/s1. The van der Waals surface area contributed by atoms with Crippen molar-refractivity contribution in [3.63, 3.8) is 0 Å². The molecule has 2 aromatic rings. The summed E-state index contributed by atoms with van der Waals surface area (Å²) >= 11 is 0. The fourth-order valence-electron chi connectivity index (χ4n) is 3.26. The summed E-state index contributed by atoms with van der Waals surface area (Å²) in [5.74, 6) is 0.688. The summed E-state index contributed by atoms with van der Waals surface area (Å²) in [4.78, 5) is 14.5. The molecular weight excluding hydrogens is 304 g/mol. The van der Waals surface area contributed by atoms with Gasteiger partial charge in [0, 0.05) is 18.3 Å². The Balaban J connectivity index is 1.79. The van der Waals surface area contributed by atoms with Crippen molar-refractivity contribution in [1.29, 1.82) is 0 Å². The fraction of sp³-hybridized carbons (Fsp3) is 0.316. The van der Waals surface area contributed by atoms with Gasteiger partial charge >= 0.3 is 6.03 Å². The van der Waals surface area contributed by atoms with E-state index in [0.717, 1.165) is 12.8 Å². The lowest BCUT2D eigenvalue weighted by Crippen LogP contribution is -2.39. The third-order valence-corrected chi connectivity index (χ3v) is 4.40. The number of aliphatic hydroxyl groups excluding tert-OH is 1. The van der Waals surface area contributed by atoms with E-state index in [-0.39, 0.29) is 18.7 Å². The minimum absolute atomic E-state index is 0.000965. The number of benzene rings is 2. The first-order chi connectivity index (χ1) is 11.7. The maximum absolute atomic E-state index is 12.8. The molecule has 2 aromatic carbocycles. The summed E-state index contributed by atoms with van der Waals surface area (Å²) in [6.45, 7) is 0.235. The third-order valence-electron chi connectivity index (χ3n) is 4.40. The van der Waals surface area contributed by atoms with Gasteiger partial charge in [0.25, 0.3) is 0 Å². The quantitative estimate of drug-likeness (QED) is 0.887. The Kier molecular flexibility index (Phi) is 5.01. The molecule has 0 fully saturated rings. The number of anilines is 1. The van der Waals surface area contributed by atoms with E-state index in [9.17, 15) is 9.90 Å². The first-order valence-corrected chi connectivity index (χ1v) is 8.13. The van der Waals surface area contributed by atoms with Crippen LogP contribution in [-0.2, 0) is 6.42 Å². The summed E-state index contributed by atoms with van der Waals surface area (Å²) in [5, 5.41) is 12.3. The van der Waals surface area contributed by atoms with Crippen molar-refractivity contribution >= 4 is 11.7 Å². The molecule has 24 heavy (non-hydrogen) atoms. The van der Waals surface area contributed by atoms with Gasteiger partial charge in [0.1, 0.15) is 5.75 Å². The SMILES string of the molecule is COc1cccc(NC(=O)N(CCO)[C@@H]2CCc3ccccc32)c1. The number of aryl methyl sites for hydroxylation is 1. The molecule has 0 saturated carbocycles. The van der Waals surface area contributed by atoms with Crippen LogP contribution in [0.15, 0.2) is 48.5 Å². The maximum Gasteiger partial charge on any atom is 0.322 e. The Hall–Kier alpha value is -2.53. The molecule has 0 spiro atoms. The summed E-state index contributed by atoms with van der Waals surface area (Å²) < 4.78 is 5.19. The van der Waals surface area contributed by atoms with Crippen LogP contribution in [0.3, 0.4) is 0 Å². The Morgan fingerprint density at radius 3 is 2.92 bits per heavy atom. The van der Waals surface area contributed by atoms with E-state index in [1.54, 1.807) is 18.1 Å². The largest absolute Gasteiger partial charge is 0.497 e. The number of ether oxygens (including phenoxy) is 1. The van der Waals surface area contributed by atoms with Crippen molar-refractivity contribution in [3.8, 4) is 5.75 Å². The Labute approximate surface area is 141 Å². The lowest BCUT2D eigenvalue weighted by Gasteiger charge is -2.29. The van der Waals surface area contributed by atoms with Crippen molar-refractivity contribution in [2.24, 2.45) is 0 Å². The monoisotopic (exact) mass is 326 g/mol. The number of amides is 2. The highest BCUT2D eigenvalue weighted by Crippen LogP contribution is 2.35. The zero-order chi connectivity index (χ0) is 16.9. The van der Waals surface area contributed by atoms with Crippen molar-refractivity contribution in [2.45, 2.75) is 18.9 Å². The number of hydrogen-bond acceptors (Lipinski definition) is 3. The molecule has 0 unspecified atom stereocenters. The van der Waals surface area contributed by atoms with Gasteiger partial charge < -0.3 is 20.1 Å².